The maximum atomic E-state index is 12.2. The number of nitrogens with one attached hydrogen (secondary N) is 1. The molecule has 3 N–H and O–H groups in total. The van der Waals surface area contributed by atoms with Gasteiger partial charge in [0.25, 0.3) is 10.0 Å². The molecule has 2 aromatic heterocycles. The fourth-order valence-electron chi connectivity index (χ4n) is 1.80. The first kappa shape index (κ1) is 14.1. The van der Waals surface area contributed by atoms with E-state index in [0.29, 0.717) is 17.0 Å². The van der Waals surface area contributed by atoms with E-state index >= 15 is 0 Å². The number of hydrogen-bond acceptors (Lipinski definition) is 7. The third kappa shape index (κ3) is 2.67. The zero-order valence-electron chi connectivity index (χ0n) is 10.9. The normalized spacial score (nSPS) is 11.7. The minimum absolute atomic E-state index is 0.244. The molecule has 0 aliphatic carbocycles. The van der Waals surface area contributed by atoms with Crippen molar-refractivity contribution in [3.05, 3.63) is 29.6 Å². The quantitative estimate of drug-likeness (QED) is 0.712. The zero-order valence-corrected chi connectivity index (χ0v) is 13.3. The van der Waals surface area contributed by atoms with E-state index < -0.39 is 10.0 Å². The number of methoxy groups -OCH3 is 1. The van der Waals surface area contributed by atoms with E-state index in [1.807, 2.05) is 0 Å². The molecule has 0 aliphatic heterocycles. The highest BCUT2D eigenvalue weighted by Gasteiger charge is 2.18. The van der Waals surface area contributed by atoms with Crippen molar-refractivity contribution in [1.29, 1.82) is 0 Å². The van der Waals surface area contributed by atoms with E-state index in [-0.39, 0.29) is 9.34 Å². The van der Waals surface area contributed by atoms with Gasteiger partial charge in [-0.3, -0.25) is 4.72 Å². The molecule has 0 radical (unpaired) electrons. The van der Waals surface area contributed by atoms with Crippen LogP contribution in [-0.2, 0) is 10.0 Å². The molecule has 3 aromatic rings. The van der Waals surface area contributed by atoms with Gasteiger partial charge in [-0.05, 0) is 17.5 Å². The van der Waals surface area contributed by atoms with Crippen LogP contribution in [-0.4, -0.2) is 20.5 Å². The fourth-order valence-corrected chi connectivity index (χ4v) is 4.96. The lowest BCUT2D eigenvalue weighted by Crippen LogP contribution is -2.10. The van der Waals surface area contributed by atoms with Crippen LogP contribution >= 0.6 is 22.7 Å². The summed E-state index contributed by atoms with van der Waals surface area (Å²) in [6, 6.07) is 6.61. The first-order valence-corrected chi connectivity index (χ1v) is 8.98. The van der Waals surface area contributed by atoms with Crippen molar-refractivity contribution in [2.45, 2.75) is 4.21 Å². The SMILES string of the molecule is COc1cc(N)cc2sc(NS(=O)(=O)c3cccs3)nc12. The minimum atomic E-state index is -3.60. The number of ether oxygens (including phenoxy) is 1. The maximum absolute atomic E-state index is 12.2. The van der Waals surface area contributed by atoms with E-state index in [4.69, 9.17) is 10.5 Å². The lowest BCUT2D eigenvalue weighted by atomic mass is 10.3. The van der Waals surface area contributed by atoms with Gasteiger partial charge in [0.2, 0.25) is 0 Å². The predicted molar refractivity (Wildman–Crippen MR) is 85.7 cm³/mol. The van der Waals surface area contributed by atoms with Crippen LogP contribution in [0.4, 0.5) is 10.8 Å². The Balaban J connectivity index is 2.03. The van der Waals surface area contributed by atoms with Gasteiger partial charge in [-0.2, -0.15) is 0 Å². The standard InChI is InChI=1S/C12H11N3O3S3/c1-18-8-5-7(13)6-9-11(8)14-12(20-9)15-21(16,17)10-3-2-4-19-10/h2-6H,13H2,1H3,(H,14,15). The highest BCUT2D eigenvalue weighted by molar-refractivity contribution is 7.94. The molecular formula is C12H11N3O3S3. The minimum Gasteiger partial charge on any atom is -0.494 e. The first-order valence-electron chi connectivity index (χ1n) is 5.80. The van der Waals surface area contributed by atoms with Crippen LogP contribution in [0, 0.1) is 0 Å². The second-order valence-electron chi connectivity index (χ2n) is 4.13. The molecule has 0 amide bonds. The molecule has 9 heteroatoms. The van der Waals surface area contributed by atoms with Gasteiger partial charge in [0.1, 0.15) is 15.5 Å². The summed E-state index contributed by atoms with van der Waals surface area (Å²) in [6.45, 7) is 0. The van der Waals surface area contributed by atoms with E-state index in [1.54, 1.807) is 29.6 Å². The van der Waals surface area contributed by atoms with E-state index in [2.05, 4.69) is 9.71 Å². The van der Waals surface area contributed by atoms with Crippen LogP contribution in [0.3, 0.4) is 0 Å². The summed E-state index contributed by atoms with van der Waals surface area (Å²) in [5.41, 5.74) is 6.90. The Kier molecular flexibility index (Phi) is 3.47. The molecule has 0 saturated carbocycles. The van der Waals surface area contributed by atoms with Crippen molar-refractivity contribution in [3.8, 4) is 5.75 Å². The average Bonchev–Trinajstić information content (AvgIpc) is 3.05. The third-order valence-corrected chi connectivity index (χ3v) is 6.47. The van der Waals surface area contributed by atoms with E-state index in [0.717, 1.165) is 16.0 Å². The Hall–Kier alpha value is -1.84. The summed E-state index contributed by atoms with van der Waals surface area (Å²) in [4.78, 5) is 4.27. The molecule has 6 nitrogen and oxygen atoms in total. The summed E-state index contributed by atoms with van der Waals surface area (Å²) in [7, 11) is -2.09. The highest BCUT2D eigenvalue weighted by atomic mass is 32.2. The second-order valence-corrected chi connectivity index (χ2v) is 8.01. The molecule has 2 heterocycles. The van der Waals surface area contributed by atoms with Crippen molar-refractivity contribution in [2.75, 3.05) is 17.6 Å². The number of fused-ring (bicyclic) bond motifs is 1. The second kappa shape index (κ2) is 5.17. The van der Waals surface area contributed by atoms with Gasteiger partial charge in [-0.25, -0.2) is 13.4 Å². The first-order chi connectivity index (χ1) is 9.99. The number of benzene rings is 1. The highest BCUT2D eigenvalue weighted by Crippen LogP contribution is 2.35. The summed E-state index contributed by atoms with van der Waals surface area (Å²) in [5, 5.41) is 1.98. The number of thiophene rings is 1. The molecular weight excluding hydrogens is 330 g/mol. The Bertz CT molecular complexity index is 885. The Morgan fingerprint density at radius 1 is 1.38 bits per heavy atom. The number of nitrogens with zero attached hydrogens (tertiary/aromatic N) is 1. The van der Waals surface area contributed by atoms with Gasteiger partial charge in [0, 0.05) is 11.8 Å². The number of hydrogen-bond donors (Lipinski definition) is 2. The van der Waals surface area contributed by atoms with Crippen LogP contribution in [0.2, 0.25) is 0 Å². The fraction of sp³-hybridized carbons (Fsp3) is 0.0833. The topological polar surface area (TPSA) is 94.3 Å². The van der Waals surface area contributed by atoms with Crippen LogP contribution < -0.4 is 15.2 Å². The number of thiazole rings is 1. The molecule has 0 saturated heterocycles. The van der Waals surface area contributed by atoms with Crippen LogP contribution in [0.25, 0.3) is 10.2 Å². The van der Waals surface area contributed by atoms with Crippen LogP contribution in [0.15, 0.2) is 33.9 Å². The lowest BCUT2D eigenvalue weighted by Gasteiger charge is -2.01. The summed E-state index contributed by atoms with van der Waals surface area (Å²) in [5.74, 6) is 0.517. The van der Waals surface area contributed by atoms with Gasteiger partial charge >= 0.3 is 0 Å². The number of nitrogen functional groups attached to an aromatic ring is 1. The van der Waals surface area contributed by atoms with Gasteiger partial charge in [-0.15, -0.1) is 11.3 Å². The summed E-state index contributed by atoms with van der Waals surface area (Å²) >= 11 is 2.36. The Morgan fingerprint density at radius 2 is 2.19 bits per heavy atom. The zero-order chi connectivity index (χ0) is 15.0. The van der Waals surface area contributed by atoms with Crippen molar-refractivity contribution in [2.24, 2.45) is 0 Å². The monoisotopic (exact) mass is 341 g/mol. The van der Waals surface area contributed by atoms with Gasteiger partial charge in [0.05, 0.1) is 11.8 Å². The average molecular weight is 341 g/mol. The van der Waals surface area contributed by atoms with E-state index in [9.17, 15) is 8.42 Å². The van der Waals surface area contributed by atoms with Crippen molar-refractivity contribution in [3.63, 3.8) is 0 Å². The molecule has 110 valence electrons. The number of nitrogens with two attached hydrogens (primary N) is 1. The molecule has 0 aliphatic rings. The number of rotatable bonds is 4. The third-order valence-electron chi connectivity index (χ3n) is 2.68. The van der Waals surface area contributed by atoms with Crippen LogP contribution in [0.5, 0.6) is 5.75 Å². The molecule has 0 spiro atoms. The van der Waals surface area contributed by atoms with Crippen LogP contribution in [0.1, 0.15) is 0 Å². The molecule has 1 aromatic carbocycles. The number of aromatic nitrogens is 1. The summed E-state index contributed by atoms with van der Waals surface area (Å²) < 4.78 is 33.0. The van der Waals surface area contributed by atoms with Gasteiger partial charge in [0.15, 0.2) is 5.13 Å². The van der Waals surface area contributed by atoms with Crippen molar-refractivity contribution in [1.82, 2.24) is 4.98 Å². The predicted octanol–water partition coefficient (Wildman–Crippen LogP) is 2.75. The Morgan fingerprint density at radius 3 is 2.86 bits per heavy atom. The molecule has 0 bridgehead atoms. The molecule has 0 fully saturated rings. The lowest BCUT2D eigenvalue weighted by molar-refractivity contribution is 0.419. The summed E-state index contributed by atoms with van der Waals surface area (Å²) in [6.07, 6.45) is 0. The Labute approximate surface area is 129 Å². The van der Waals surface area contributed by atoms with E-state index in [1.165, 1.54) is 18.4 Å². The molecule has 0 unspecified atom stereocenters. The van der Waals surface area contributed by atoms with Crippen molar-refractivity contribution >= 4 is 53.7 Å². The molecule has 3 rings (SSSR count). The molecule has 0 atom stereocenters. The molecule has 21 heavy (non-hydrogen) atoms. The smallest absolute Gasteiger partial charge is 0.273 e. The number of anilines is 2. The number of sulfonamides is 1. The van der Waals surface area contributed by atoms with Crippen molar-refractivity contribution < 1.29 is 13.2 Å². The largest absolute Gasteiger partial charge is 0.494 e. The maximum Gasteiger partial charge on any atom is 0.273 e. The van der Waals surface area contributed by atoms with Gasteiger partial charge < -0.3 is 10.5 Å². The van der Waals surface area contributed by atoms with Gasteiger partial charge in [-0.1, -0.05) is 17.4 Å².